The summed E-state index contributed by atoms with van der Waals surface area (Å²) in [5.41, 5.74) is -0.101. The molecule has 0 saturated heterocycles. The monoisotopic (exact) mass is 464 g/mol. The fourth-order valence-electron chi connectivity index (χ4n) is 2.41. The molecule has 182 valence electrons. The molecule has 0 aromatic heterocycles. The molecule has 0 spiro atoms. The highest BCUT2D eigenvalue weighted by molar-refractivity contribution is 5.97. The highest BCUT2D eigenvalue weighted by atomic mass is 16.6. The van der Waals surface area contributed by atoms with Gasteiger partial charge in [0.15, 0.2) is 0 Å². The molecule has 0 heterocycles. The molecule has 0 aliphatic rings. The first kappa shape index (κ1) is 27.3. The number of carbonyl (C=O) groups is 3. The van der Waals surface area contributed by atoms with E-state index in [0.717, 1.165) is 6.42 Å². The van der Waals surface area contributed by atoms with Crippen molar-refractivity contribution in [2.75, 3.05) is 49.0 Å². The van der Waals surface area contributed by atoms with Crippen LogP contribution in [0.25, 0.3) is 0 Å². The number of benzene rings is 1. The number of hydrogen-bond donors (Lipinski definition) is 0. The molecule has 0 fully saturated rings. The maximum absolute atomic E-state index is 13.0. The van der Waals surface area contributed by atoms with Gasteiger partial charge in [0.25, 0.3) is 0 Å². The molecule has 0 radical (unpaired) electrons. The summed E-state index contributed by atoms with van der Waals surface area (Å²) in [6, 6.07) is 4.50. The number of rotatable bonds is 12. The molecule has 0 unspecified atom stereocenters. The summed E-state index contributed by atoms with van der Waals surface area (Å²) >= 11 is 0. The summed E-state index contributed by atoms with van der Waals surface area (Å²) in [6.45, 7) is 2.14. The number of nitrogens with zero attached hydrogens (tertiary/aromatic N) is 2. The van der Waals surface area contributed by atoms with Crippen LogP contribution < -0.4 is 9.47 Å². The lowest BCUT2D eigenvalue weighted by Crippen LogP contribution is -2.19. The Hall–Kier alpha value is -3.69. The first-order valence-corrected chi connectivity index (χ1v) is 10.2. The maximum Gasteiger partial charge on any atom is 0.375 e. The highest BCUT2D eigenvalue weighted by Gasteiger charge is 2.26. The predicted molar refractivity (Wildman–Crippen MR) is 120 cm³/mol. The van der Waals surface area contributed by atoms with Crippen molar-refractivity contribution in [3.05, 3.63) is 47.7 Å². The minimum Gasteiger partial charge on any atom is -0.463 e. The van der Waals surface area contributed by atoms with Crippen molar-refractivity contribution in [3.8, 4) is 11.5 Å². The molecule has 10 nitrogen and oxygen atoms in total. The number of hydrogen-bond acceptors (Lipinski definition) is 10. The number of methoxy groups -OCH3 is 2. The predicted octanol–water partition coefficient (Wildman–Crippen LogP) is 2.55. The van der Waals surface area contributed by atoms with Gasteiger partial charge in [-0.15, -0.1) is 0 Å². The molecule has 1 aromatic rings. The Morgan fingerprint density at radius 2 is 1.30 bits per heavy atom. The average Bonchev–Trinajstić information content (AvgIpc) is 2.76. The Morgan fingerprint density at radius 1 is 0.848 bits per heavy atom. The number of esters is 3. The summed E-state index contributed by atoms with van der Waals surface area (Å²) in [5.74, 6) is -2.59. The van der Waals surface area contributed by atoms with Crippen molar-refractivity contribution >= 4 is 17.9 Å². The third-order valence-corrected chi connectivity index (χ3v) is 3.89. The second kappa shape index (κ2) is 13.7. The van der Waals surface area contributed by atoms with E-state index in [4.69, 9.17) is 23.7 Å². The van der Waals surface area contributed by atoms with Gasteiger partial charge in [-0.1, -0.05) is 19.4 Å². The zero-order valence-electron chi connectivity index (χ0n) is 20.2. The van der Waals surface area contributed by atoms with Crippen molar-refractivity contribution in [2.45, 2.75) is 19.8 Å². The highest BCUT2D eigenvalue weighted by Crippen LogP contribution is 2.32. The van der Waals surface area contributed by atoms with Gasteiger partial charge in [-0.05, 0) is 18.6 Å². The largest absolute Gasteiger partial charge is 0.463 e. The Bertz CT molecular complexity index is 832. The van der Waals surface area contributed by atoms with E-state index in [-0.39, 0.29) is 35.2 Å². The summed E-state index contributed by atoms with van der Waals surface area (Å²) in [4.78, 5) is 40.5. The van der Waals surface area contributed by atoms with E-state index in [0.29, 0.717) is 6.42 Å². The van der Waals surface area contributed by atoms with Crippen LogP contribution in [0.15, 0.2) is 42.1 Å². The summed E-state index contributed by atoms with van der Waals surface area (Å²) in [6.07, 6.45) is 4.28. The van der Waals surface area contributed by atoms with Gasteiger partial charge < -0.3 is 33.5 Å². The Balaban J connectivity index is 3.55. The lowest BCUT2D eigenvalue weighted by atomic mass is 10.1. The smallest absolute Gasteiger partial charge is 0.375 e. The third kappa shape index (κ3) is 8.76. The quantitative estimate of drug-likeness (QED) is 0.151. The van der Waals surface area contributed by atoms with E-state index in [1.807, 2.05) is 6.92 Å². The molecule has 1 aromatic carbocycles. The van der Waals surface area contributed by atoms with Crippen LogP contribution in [0.5, 0.6) is 11.5 Å². The van der Waals surface area contributed by atoms with Gasteiger partial charge in [-0.2, -0.15) is 0 Å². The van der Waals surface area contributed by atoms with Crippen LogP contribution in [-0.2, 0) is 23.8 Å². The van der Waals surface area contributed by atoms with Crippen LogP contribution in [0, 0.1) is 0 Å². The molecule has 0 saturated carbocycles. The van der Waals surface area contributed by atoms with E-state index < -0.39 is 17.9 Å². The number of carbonyl (C=O) groups excluding carboxylic acids is 3. The van der Waals surface area contributed by atoms with Crippen LogP contribution in [0.2, 0.25) is 0 Å². The molecule has 0 atom stereocenters. The van der Waals surface area contributed by atoms with Crippen molar-refractivity contribution in [1.29, 1.82) is 0 Å². The third-order valence-electron chi connectivity index (χ3n) is 3.89. The first-order valence-electron chi connectivity index (χ1n) is 10.2. The van der Waals surface area contributed by atoms with Crippen LogP contribution in [0.3, 0.4) is 0 Å². The summed E-state index contributed by atoms with van der Waals surface area (Å²) in [5, 5.41) is 0. The van der Waals surface area contributed by atoms with E-state index >= 15 is 0 Å². The van der Waals surface area contributed by atoms with Gasteiger partial charge in [0.2, 0.25) is 11.5 Å². The molecule has 0 aliphatic carbocycles. The van der Waals surface area contributed by atoms with Crippen molar-refractivity contribution in [3.63, 3.8) is 0 Å². The average molecular weight is 465 g/mol. The van der Waals surface area contributed by atoms with Gasteiger partial charge in [-0.3, -0.25) is 0 Å². The molecular weight excluding hydrogens is 432 g/mol. The van der Waals surface area contributed by atoms with Gasteiger partial charge in [0.05, 0.1) is 20.8 Å². The van der Waals surface area contributed by atoms with Crippen molar-refractivity contribution in [1.82, 2.24) is 9.80 Å². The lowest BCUT2D eigenvalue weighted by molar-refractivity contribution is -0.139. The summed E-state index contributed by atoms with van der Waals surface area (Å²) < 4.78 is 26.4. The van der Waals surface area contributed by atoms with Crippen LogP contribution in [-0.4, -0.2) is 76.7 Å². The van der Waals surface area contributed by atoms with Crippen LogP contribution >= 0.6 is 0 Å². The Morgan fingerprint density at radius 3 is 1.67 bits per heavy atom. The molecular formula is C23H32N2O8. The van der Waals surface area contributed by atoms with Crippen LogP contribution in [0.1, 0.15) is 30.1 Å². The molecule has 0 bridgehead atoms. The minimum atomic E-state index is -0.747. The number of ether oxygens (including phenoxy) is 5. The molecule has 1 rings (SSSR count). The van der Waals surface area contributed by atoms with Crippen molar-refractivity contribution in [2.24, 2.45) is 0 Å². The maximum atomic E-state index is 13.0. The van der Waals surface area contributed by atoms with E-state index in [1.54, 1.807) is 44.1 Å². The molecule has 33 heavy (non-hydrogen) atoms. The SMILES string of the molecule is CCCCOC(=O)c1c(O/C(=C\N(C)C)C(=O)OC)cccc1O/C(=C\N(C)C)C(=O)OC. The van der Waals surface area contributed by atoms with Gasteiger partial charge in [0.1, 0.15) is 17.1 Å². The minimum absolute atomic E-state index is 0.0124. The molecule has 0 aliphatic heterocycles. The zero-order chi connectivity index (χ0) is 25.0. The summed E-state index contributed by atoms with van der Waals surface area (Å²) in [7, 11) is 9.20. The number of unbranched alkanes of at least 4 members (excludes halogenated alkanes) is 1. The second-order valence-corrected chi connectivity index (χ2v) is 7.22. The van der Waals surface area contributed by atoms with Crippen LogP contribution in [0.4, 0.5) is 0 Å². The van der Waals surface area contributed by atoms with Crippen molar-refractivity contribution < 1.29 is 38.1 Å². The van der Waals surface area contributed by atoms with Gasteiger partial charge in [-0.25, -0.2) is 14.4 Å². The zero-order valence-corrected chi connectivity index (χ0v) is 20.2. The van der Waals surface area contributed by atoms with Gasteiger partial charge >= 0.3 is 17.9 Å². The second-order valence-electron chi connectivity index (χ2n) is 7.22. The van der Waals surface area contributed by atoms with E-state index in [1.165, 1.54) is 38.8 Å². The Kier molecular flexibility index (Phi) is 11.3. The molecule has 0 N–H and O–H groups in total. The normalized spacial score (nSPS) is 11.4. The van der Waals surface area contributed by atoms with E-state index in [9.17, 15) is 14.4 Å². The lowest BCUT2D eigenvalue weighted by Gasteiger charge is -2.18. The van der Waals surface area contributed by atoms with Gasteiger partial charge in [0, 0.05) is 40.6 Å². The molecule has 0 amide bonds. The topological polar surface area (TPSA) is 104 Å². The fourth-order valence-corrected chi connectivity index (χ4v) is 2.41. The fraction of sp³-hybridized carbons (Fsp3) is 0.435. The first-order chi connectivity index (χ1) is 15.6. The standard InChI is InChI=1S/C23H32N2O8/c1-8-9-13-31-23(28)20-16(32-18(14-24(2)3)21(26)29-6)11-10-12-17(20)33-19(15-25(4)5)22(27)30-7/h10-12,14-15H,8-9,13H2,1-7H3/b18-14-,19-15-. The molecule has 10 heteroatoms. The Labute approximate surface area is 194 Å². The van der Waals surface area contributed by atoms with E-state index in [2.05, 4.69) is 0 Å².